The molecule has 16 aromatic rings. The van der Waals surface area contributed by atoms with Crippen LogP contribution in [0.2, 0.25) is 0 Å². The zero-order valence-corrected chi connectivity index (χ0v) is 60.9. The van der Waals surface area contributed by atoms with Gasteiger partial charge in [0.15, 0.2) is 0 Å². The second-order valence-corrected chi connectivity index (χ2v) is 27.2. The number of benzene rings is 16. The number of rotatable bonds is 21. The number of hydrogen-bond donors (Lipinski definition) is 0. The van der Waals surface area contributed by atoms with Crippen LogP contribution in [0, 0.1) is 0 Å². The zero-order chi connectivity index (χ0) is 73.0. The summed E-state index contributed by atoms with van der Waals surface area (Å²) in [4.78, 5) is 7.35. The largest absolute Gasteiger partial charge is 0.310 e. The highest BCUT2D eigenvalue weighted by molar-refractivity contribution is 5.93. The average molecular weight is 1380 g/mol. The average Bonchev–Trinajstić information content (AvgIpc) is 0.755. The predicted molar refractivity (Wildman–Crippen MR) is 464 cm³/mol. The van der Waals surface area contributed by atoms with Gasteiger partial charge in [-0.1, -0.05) is 309 Å². The predicted octanol–water partition coefficient (Wildman–Crippen LogP) is 30.2. The number of allylic oxidation sites excluding steroid dienone is 3. The molecular formula is C105H81N3. The summed E-state index contributed by atoms with van der Waals surface area (Å²) in [6.07, 6.45) is 12.8. The van der Waals surface area contributed by atoms with Gasteiger partial charge in [-0.15, -0.1) is 0 Å². The molecule has 3 heteroatoms. The summed E-state index contributed by atoms with van der Waals surface area (Å²) < 4.78 is 0. The lowest BCUT2D eigenvalue weighted by atomic mass is 9.98. The van der Waals surface area contributed by atoms with E-state index in [0.717, 1.165) is 135 Å². The molecule has 516 valence electrons. The van der Waals surface area contributed by atoms with E-state index in [2.05, 4.69) is 472 Å². The van der Waals surface area contributed by atoms with E-state index < -0.39 is 0 Å². The Labute approximate surface area is 636 Å². The molecule has 16 rings (SSSR count). The highest BCUT2D eigenvalue weighted by Crippen LogP contribution is 2.49. The van der Waals surface area contributed by atoms with Gasteiger partial charge in [0, 0.05) is 34.1 Å². The molecule has 0 saturated heterocycles. The molecule has 0 aliphatic rings. The first kappa shape index (κ1) is 68.6. The first-order valence-corrected chi connectivity index (χ1v) is 37.2. The molecule has 108 heavy (non-hydrogen) atoms. The maximum atomic E-state index is 2.45. The van der Waals surface area contributed by atoms with Crippen molar-refractivity contribution in [1.29, 1.82) is 0 Å². The molecule has 0 unspecified atom stereocenters. The van der Waals surface area contributed by atoms with Crippen LogP contribution in [0.15, 0.2) is 419 Å². The van der Waals surface area contributed by atoms with E-state index >= 15 is 0 Å². The van der Waals surface area contributed by atoms with Crippen molar-refractivity contribution < 1.29 is 0 Å². The fourth-order valence-electron chi connectivity index (χ4n) is 14.8. The van der Waals surface area contributed by atoms with Crippen LogP contribution >= 0.6 is 0 Å². The molecule has 0 bridgehead atoms. The normalized spacial score (nSPS) is 11.4. The van der Waals surface area contributed by atoms with E-state index in [0.29, 0.717) is 0 Å². The molecule has 3 nitrogen and oxygen atoms in total. The number of hydrogen-bond acceptors (Lipinski definition) is 3. The van der Waals surface area contributed by atoms with Crippen molar-refractivity contribution in [3.05, 3.63) is 435 Å². The van der Waals surface area contributed by atoms with E-state index in [1.165, 1.54) is 33.4 Å². The molecule has 0 atom stereocenters. The van der Waals surface area contributed by atoms with Crippen molar-refractivity contribution in [2.75, 3.05) is 14.7 Å². The van der Waals surface area contributed by atoms with E-state index in [1.54, 1.807) is 0 Å². The van der Waals surface area contributed by atoms with E-state index in [-0.39, 0.29) is 0 Å². The minimum absolute atomic E-state index is 0.949. The Bertz CT molecular complexity index is 5300. The lowest BCUT2D eigenvalue weighted by Crippen LogP contribution is -2.16. The van der Waals surface area contributed by atoms with Crippen molar-refractivity contribution in [3.63, 3.8) is 0 Å². The number of nitrogens with zero attached hydrogens (tertiary/aromatic N) is 3. The van der Waals surface area contributed by atoms with E-state index in [1.807, 2.05) is 0 Å². The van der Waals surface area contributed by atoms with Crippen LogP contribution in [0.4, 0.5) is 51.2 Å². The summed E-state index contributed by atoms with van der Waals surface area (Å²) >= 11 is 0. The minimum Gasteiger partial charge on any atom is -0.310 e. The molecule has 0 aliphatic carbocycles. The van der Waals surface area contributed by atoms with E-state index in [4.69, 9.17) is 0 Å². The molecule has 0 aliphatic heterocycles. The molecule has 0 heterocycles. The standard InChI is InChI=1S/C105H81N3/c1-4-25-76-28-16-37-85(64-76)94-46-22-49-100(70-94)106(97-58-52-82(53-59-97)91-43-19-40-88(67-91)79-31-10-7-11-32-79)103-73-104(107(101-50-23-47-95(71-101)86-38-17-29-77(65-86)26-5-2)98-60-54-83(55-61-98)92-44-20-41-89(68-92)80-33-12-8-13-34-80)75-105(74-103)108(102-51-24-48-96(72-102)87-39-18-30-78(66-87)27-6-3)99-62-56-84(57-63-99)93-45-21-42-90(69-93)81-35-14-9-15-36-81/h4-75H,1-3H3/b25-4+,26-5+,27-6+. The van der Waals surface area contributed by atoms with Crippen LogP contribution in [0.3, 0.4) is 0 Å². The van der Waals surface area contributed by atoms with Crippen LogP contribution < -0.4 is 14.7 Å². The van der Waals surface area contributed by atoms with Gasteiger partial charge in [-0.3, -0.25) is 0 Å². The van der Waals surface area contributed by atoms with Crippen LogP contribution in [0.1, 0.15) is 37.5 Å². The van der Waals surface area contributed by atoms with Gasteiger partial charge in [-0.25, -0.2) is 0 Å². The minimum atomic E-state index is 0.949. The molecule has 0 spiro atoms. The Morgan fingerprint density at radius 3 is 0.574 bits per heavy atom. The van der Waals surface area contributed by atoms with Crippen LogP contribution in [0.5, 0.6) is 0 Å². The molecule has 16 aromatic carbocycles. The van der Waals surface area contributed by atoms with Crippen molar-refractivity contribution in [3.8, 4) is 100 Å². The quantitative estimate of drug-likeness (QED) is 0.0710. The van der Waals surface area contributed by atoms with Crippen molar-refractivity contribution >= 4 is 69.4 Å². The van der Waals surface area contributed by atoms with Crippen molar-refractivity contribution in [2.24, 2.45) is 0 Å². The molecule has 0 N–H and O–H groups in total. The maximum Gasteiger partial charge on any atom is 0.0503 e. The monoisotopic (exact) mass is 1380 g/mol. The summed E-state index contributed by atoms with van der Waals surface area (Å²) in [5.74, 6) is 0. The summed E-state index contributed by atoms with van der Waals surface area (Å²) in [5.41, 5.74) is 32.8. The van der Waals surface area contributed by atoms with Crippen LogP contribution in [-0.4, -0.2) is 0 Å². The Kier molecular flexibility index (Phi) is 20.3. The summed E-state index contributed by atoms with van der Waals surface area (Å²) in [5, 5.41) is 0. The van der Waals surface area contributed by atoms with Crippen molar-refractivity contribution in [1.82, 2.24) is 0 Å². The van der Waals surface area contributed by atoms with Gasteiger partial charge in [0.2, 0.25) is 0 Å². The molecule has 0 fully saturated rings. The summed E-state index contributed by atoms with van der Waals surface area (Å²) in [6.45, 7) is 6.22. The Morgan fingerprint density at radius 2 is 0.333 bits per heavy atom. The fraction of sp³-hybridized carbons (Fsp3) is 0.0286. The Balaban J connectivity index is 0.947. The van der Waals surface area contributed by atoms with Crippen molar-refractivity contribution in [2.45, 2.75) is 20.8 Å². The molecular weight excluding hydrogens is 1300 g/mol. The first-order valence-electron chi connectivity index (χ1n) is 37.2. The van der Waals surface area contributed by atoms with Crippen LogP contribution in [-0.2, 0) is 0 Å². The fourth-order valence-corrected chi connectivity index (χ4v) is 14.8. The molecule has 0 radical (unpaired) electrons. The first-order chi connectivity index (χ1) is 53.3. The van der Waals surface area contributed by atoms with Gasteiger partial charge in [-0.05, 0) is 265 Å². The number of anilines is 9. The molecule has 0 saturated carbocycles. The van der Waals surface area contributed by atoms with Gasteiger partial charge < -0.3 is 14.7 Å². The summed E-state index contributed by atoms with van der Waals surface area (Å²) in [6, 6.07) is 147. The topological polar surface area (TPSA) is 9.72 Å². The van der Waals surface area contributed by atoms with Crippen LogP contribution in [0.25, 0.3) is 118 Å². The highest BCUT2D eigenvalue weighted by atomic mass is 15.2. The van der Waals surface area contributed by atoms with Gasteiger partial charge in [-0.2, -0.15) is 0 Å². The lowest BCUT2D eigenvalue weighted by Gasteiger charge is -2.33. The van der Waals surface area contributed by atoms with Gasteiger partial charge in [0.05, 0.1) is 17.1 Å². The lowest BCUT2D eigenvalue weighted by molar-refractivity contribution is 1.22. The van der Waals surface area contributed by atoms with E-state index in [9.17, 15) is 0 Å². The Hall–Kier alpha value is -13.9. The van der Waals surface area contributed by atoms with Gasteiger partial charge >= 0.3 is 0 Å². The zero-order valence-electron chi connectivity index (χ0n) is 60.9. The third-order valence-electron chi connectivity index (χ3n) is 20.0. The molecule has 0 amide bonds. The molecule has 0 aromatic heterocycles. The maximum absolute atomic E-state index is 2.45. The van der Waals surface area contributed by atoms with Gasteiger partial charge in [0.1, 0.15) is 0 Å². The third-order valence-corrected chi connectivity index (χ3v) is 20.0. The second-order valence-electron chi connectivity index (χ2n) is 27.2. The third kappa shape index (κ3) is 15.4. The SMILES string of the molecule is C/C=C/c1cccc(-c2cccc(N(c3ccc(-c4cccc(-c5ccccc5)c4)cc3)c3cc(N(c4ccc(-c5cccc(-c6ccccc6)c5)cc4)c4cccc(-c5cccc(/C=C/C)c5)c4)cc(N(c4ccc(-c5cccc(-c6ccccc6)c5)cc4)c4cccc(-c5cccc(/C=C/C)c5)c4)c3)c2)c1. The smallest absolute Gasteiger partial charge is 0.0503 e. The second kappa shape index (κ2) is 32.0. The highest BCUT2D eigenvalue weighted by Gasteiger charge is 2.25. The van der Waals surface area contributed by atoms with Gasteiger partial charge in [0.25, 0.3) is 0 Å². The Morgan fingerprint density at radius 1 is 0.139 bits per heavy atom. The summed E-state index contributed by atoms with van der Waals surface area (Å²) in [7, 11) is 0.